The second-order valence-electron chi connectivity index (χ2n) is 6.41. The predicted molar refractivity (Wildman–Crippen MR) is 99.7 cm³/mol. The summed E-state index contributed by atoms with van der Waals surface area (Å²) >= 11 is 0. The number of halogens is 2. The Hall–Kier alpha value is -2.73. The van der Waals surface area contributed by atoms with E-state index in [-0.39, 0.29) is 5.75 Å². The maximum absolute atomic E-state index is 12.2. The van der Waals surface area contributed by atoms with Crippen molar-refractivity contribution in [2.24, 2.45) is 0 Å². The number of aromatic nitrogens is 1. The lowest BCUT2D eigenvalue weighted by Gasteiger charge is -2.16. The maximum atomic E-state index is 12.2. The highest BCUT2D eigenvalue weighted by Crippen LogP contribution is 2.19. The Labute approximate surface area is 157 Å². The van der Waals surface area contributed by atoms with Gasteiger partial charge in [0.1, 0.15) is 17.2 Å². The van der Waals surface area contributed by atoms with Crippen LogP contribution in [0.2, 0.25) is 0 Å². The molecule has 4 nitrogen and oxygen atoms in total. The van der Waals surface area contributed by atoms with Crippen LogP contribution in [0.15, 0.2) is 65.2 Å². The van der Waals surface area contributed by atoms with Crippen LogP contribution in [0.1, 0.15) is 17.7 Å². The number of aryl methyl sites for hydroxylation is 1. The summed E-state index contributed by atoms with van der Waals surface area (Å²) in [6, 6.07) is 18.7. The van der Waals surface area contributed by atoms with Gasteiger partial charge in [0.25, 0.3) is 0 Å². The fraction of sp³-hybridized carbons (Fsp3) is 0.286. The second kappa shape index (κ2) is 9.28. The summed E-state index contributed by atoms with van der Waals surface area (Å²) < 4.78 is 34.1. The van der Waals surface area contributed by atoms with E-state index in [2.05, 4.69) is 14.8 Å². The fourth-order valence-electron chi connectivity index (χ4n) is 2.87. The normalized spacial score (nSPS) is 11.3. The van der Waals surface area contributed by atoms with Crippen molar-refractivity contribution in [3.05, 3.63) is 72.0 Å². The number of alkyl halides is 2. The molecule has 0 atom stereocenters. The van der Waals surface area contributed by atoms with Crippen molar-refractivity contribution in [1.29, 1.82) is 0 Å². The summed E-state index contributed by atoms with van der Waals surface area (Å²) in [7, 11) is 2.03. The van der Waals surface area contributed by atoms with Crippen molar-refractivity contribution in [3.8, 4) is 17.0 Å². The summed E-state index contributed by atoms with van der Waals surface area (Å²) in [6.07, 6.45) is 1.75. The average Bonchev–Trinajstić information content (AvgIpc) is 3.13. The van der Waals surface area contributed by atoms with Gasteiger partial charge >= 0.3 is 6.61 Å². The van der Waals surface area contributed by atoms with Crippen LogP contribution < -0.4 is 4.74 Å². The van der Waals surface area contributed by atoms with E-state index < -0.39 is 6.61 Å². The smallest absolute Gasteiger partial charge is 0.387 e. The first-order valence-electron chi connectivity index (χ1n) is 8.83. The monoisotopic (exact) mass is 372 g/mol. The summed E-state index contributed by atoms with van der Waals surface area (Å²) in [5.41, 5.74) is 2.94. The number of rotatable bonds is 9. The Bertz CT molecular complexity index is 820. The van der Waals surface area contributed by atoms with Crippen molar-refractivity contribution in [1.82, 2.24) is 10.1 Å². The van der Waals surface area contributed by atoms with Crippen LogP contribution >= 0.6 is 0 Å². The van der Waals surface area contributed by atoms with E-state index in [9.17, 15) is 8.78 Å². The molecule has 27 heavy (non-hydrogen) atoms. The van der Waals surface area contributed by atoms with Gasteiger partial charge in [-0.3, -0.25) is 0 Å². The van der Waals surface area contributed by atoms with Gasteiger partial charge in [-0.15, -0.1) is 0 Å². The third-order valence-electron chi connectivity index (χ3n) is 4.19. The van der Waals surface area contributed by atoms with Gasteiger partial charge in [0.2, 0.25) is 0 Å². The van der Waals surface area contributed by atoms with E-state index in [1.54, 1.807) is 24.3 Å². The van der Waals surface area contributed by atoms with E-state index >= 15 is 0 Å². The third kappa shape index (κ3) is 5.89. The van der Waals surface area contributed by atoms with Crippen LogP contribution in [0.25, 0.3) is 11.3 Å². The van der Waals surface area contributed by atoms with Gasteiger partial charge in [0.05, 0.1) is 0 Å². The molecule has 6 heteroatoms. The Balaban J connectivity index is 1.43. The van der Waals surface area contributed by atoms with Crippen molar-refractivity contribution in [2.45, 2.75) is 26.0 Å². The lowest BCUT2D eigenvalue weighted by molar-refractivity contribution is -0.0498. The molecule has 0 unspecified atom stereocenters. The maximum Gasteiger partial charge on any atom is 0.387 e. The molecule has 3 rings (SSSR count). The molecule has 0 saturated carbocycles. The largest absolute Gasteiger partial charge is 0.435 e. The third-order valence-corrected chi connectivity index (χ3v) is 4.19. The zero-order valence-corrected chi connectivity index (χ0v) is 15.1. The number of hydrogen-bond donors (Lipinski definition) is 0. The lowest BCUT2D eigenvalue weighted by atomic mass is 10.1. The first-order valence-corrected chi connectivity index (χ1v) is 8.83. The summed E-state index contributed by atoms with van der Waals surface area (Å²) in [6.45, 7) is -1.17. The van der Waals surface area contributed by atoms with E-state index in [0.29, 0.717) is 0 Å². The molecule has 1 heterocycles. The van der Waals surface area contributed by atoms with Gasteiger partial charge in [-0.1, -0.05) is 47.6 Å². The molecule has 142 valence electrons. The Kier molecular flexibility index (Phi) is 6.54. The molecule has 0 bridgehead atoms. The molecular weight excluding hydrogens is 350 g/mol. The van der Waals surface area contributed by atoms with Crippen LogP contribution in [0.5, 0.6) is 5.75 Å². The minimum absolute atomic E-state index is 0.177. The van der Waals surface area contributed by atoms with Crippen LogP contribution in [-0.4, -0.2) is 30.3 Å². The standard InChI is InChI=1S/C21H22F2N2O2/c1-25(15-16-9-11-18(12-10-16)26-21(22)23)13-5-8-19-14-20(24-27-19)17-6-3-2-4-7-17/h2-4,6-7,9-12,14,21H,5,8,13,15H2,1H3. The van der Waals surface area contributed by atoms with Gasteiger partial charge in [-0.25, -0.2) is 0 Å². The molecular formula is C21H22F2N2O2. The molecule has 0 radical (unpaired) electrons. The van der Waals surface area contributed by atoms with E-state index in [4.69, 9.17) is 4.52 Å². The zero-order valence-electron chi connectivity index (χ0n) is 15.1. The van der Waals surface area contributed by atoms with Crippen molar-refractivity contribution in [2.75, 3.05) is 13.6 Å². The topological polar surface area (TPSA) is 38.5 Å². The number of nitrogens with zero attached hydrogens (tertiary/aromatic N) is 2. The first-order chi connectivity index (χ1) is 13.1. The van der Waals surface area contributed by atoms with Gasteiger partial charge in [0, 0.05) is 24.6 Å². The Morgan fingerprint density at radius 1 is 1.07 bits per heavy atom. The van der Waals surface area contributed by atoms with Crippen LogP contribution in [0, 0.1) is 0 Å². The SMILES string of the molecule is CN(CCCc1cc(-c2ccccc2)no1)Cc1ccc(OC(F)F)cc1. The average molecular weight is 372 g/mol. The van der Waals surface area contributed by atoms with Gasteiger partial charge < -0.3 is 14.2 Å². The number of ether oxygens (including phenoxy) is 1. The molecule has 0 N–H and O–H groups in total. The molecule has 0 amide bonds. The van der Waals surface area contributed by atoms with E-state index in [1.165, 1.54) is 0 Å². The van der Waals surface area contributed by atoms with Crippen molar-refractivity contribution >= 4 is 0 Å². The highest BCUT2D eigenvalue weighted by molar-refractivity contribution is 5.58. The highest BCUT2D eigenvalue weighted by atomic mass is 19.3. The first kappa shape index (κ1) is 19.0. The fourth-order valence-corrected chi connectivity index (χ4v) is 2.87. The molecule has 0 aliphatic carbocycles. The second-order valence-corrected chi connectivity index (χ2v) is 6.41. The van der Waals surface area contributed by atoms with Crippen LogP contribution in [0.3, 0.4) is 0 Å². The molecule has 0 saturated heterocycles. The molecule has 3 aromatic rings. The van der Waals surface area contributed by atoms with Crippen molar-refractivity contribution < 1.29 is 18.0 Å². The quantitative estimate of drug-likeness (QED) is 0.529. The van der Waals surface area contributed by atoms with Gasteiger partial charge in [0.15, 0.2) is 0 Å². The predicted octanol–water partition coefficient (Wildman–Crippen LogP) is 5.01. The summed E-state index contributed by atoms with van der Waals surface area (Å²) in [4.78, 5) is 2.18. The Morgan fingerprint density at radius 3 is 2.52 bits per heavy atom. The molecule has 2 aromatic carbocycles. The summed E-state index contributed by atoms with van der Waals surface area (Å²) in [5, 5.41) is 4.13. The van der Waals surface area contributed by atoms with Gasteiger partial charge in [-0.05, 0) is 37.7 Å². The van der Waals surface area contributed by atoms with Crippen LogP contribution in [-0.2, 0) is 13.0 Å². The highest BCUT2D eigenvalue weighted by Gasteiger charge is 2.08. The molecule has 0 aliphatic heterocycles. The molecule has 0 aliphatic rings. The summed E-state index contributed by atoms with van der Waals surface area (Å²) in [5.74, 6) is 1.05. The van der Waals surface area contributed by atoms with Crippen LogP contribution in [0.4, 0.5) is 8.78 Å². The minimum atomic E-state index is -2.79. The minimum Gasteiger partial charge on any atom is -0.435 e. The van der Waals surface area contributed by atoms with Crippen molar-refractivity contribution in [3.63, 3.8) is 0 Å². The molecule has 0 fully saturated rings. The van der Waals surface area contributed by atoms with Gasteiger partial charge in [-0.2, -0.15) is 8.78 Å². The Morgan fingerprint density at radius 2 is 1.81 bits per heavy atom. The number of hydrogen-bond acceptors (Lipinski definition) is 4. The molecule has 0 spiro atoms. The number of benzene rings is 2. The van der Waals surface area contributed by atoms with E-state index in [0.717, 1.165) is 48.5 Å². The zero-order chi connectivity index (χ0) is 19.1. The molecule has 1 aromatic heterocycles. The van der Waals surface area contributed by atoms with E-state index in [1.807, 2.05) is 43.4 Å². The lowest BCUT2D eigenvalue weighted by Crippen LogP contribution is -2.19.